The Labute approximate surface area is 133 Å². The van der Waals surface area contributed by atoms with Gasteiger partial charge in [-0.2, -0.15) is 0 Å². The van der Waals surface area contributed by atoms with E-state index in [2.05, 4.69) is 15.4 Å². The summed E-state index contributed by atoms with van der Waals surface area (Å²) in [7, 11) is -2.26. The summed E-state index contributed by atoms with van der Waals surface area (Å²) < 4.78 is 27.0. The fourth-order valence-electron chi connectivity index (χ4n) is 1.70. The van der Waals surface area contributed by atoms with Crippen molar-refractivity contribution in [2.75, 3.05) is 17.1 Å². The number of carbonyl (C=O) groups is 1. The zero-order valence-electron chi connectivity index (χ0n) is 11.6. The molecule has 3 N–H and O–H groups in total. The normalized spacial score (nSPS) is 10.8. The molecule has 0 heterocycles. The third-order valence-corrected chi connectivity index (χ3v) is 4.32. The molecule has 0 saturated carbocycles. The summed E-state index contributed by atoms with van der Waals surface area (Å²) in [4.78, 5) is 11.3. The number of hydrogen-bond donors (Lipinski definition) is 3. The van der Waals surface area contributed by atoms with Crippen LogP contribution in [0.15, 0.2) is 53.4 Å². The molecular formula is C14H14ClN3O3S. The van der Waals surface area contributed by atoms with Gasteiger partial charge in [-0.1, -0.05) is 23.7 Å². The van der Waals surface area contributed by atoms with Gasteiger partial charge in [0.25, 0.3) is 10.0 Å². The van der Waals surface area contributed by atoms with Gasteiger partial charge in [0, 0.05) is 17.8 Å². The van der Waals surface area contributed by atoms with Crippen LogP contribution in [0.2, 0.25) is 5.02 Å². The second-order valence-electron chi connectivity index (χ2n) is 4.35. The number of nitrogens with one attached hydrogen (secondary N) is 3. The molecule has 6 nitrogen and oxygen atoms in total. The number of anilines is 2. The van der Waals surface area contributed by atoms with Gasteiger partial charge < -0.3 is 10.6 Å². The average Bonchev–Trinajstić information content (AvgIpc) is 2.47. The molecule has 116 valence electrons. The SMILES string of the molecule is CNC(=O)Nc1cccc(NS(=O)(=O)c2cccc(Cl)c2)c1. The smallest absolute Gasteiger partial charge is 0.318 e. The lowest BCUT2D eigenvalue weighted by Gasteiger charge is -2.10. The molecule has 0 aliphatic heterocycles. The van der Waals surface area contributed by atoms with Crippen molar-refractivity contribution in [2.45, 2.75) is 4.90 Å². The van der Waals surface area contributed by atoms with Gasteiger partial charge in [0.15, 0.2) is 0 Å². The number of urea groups is 1. The van der Waals surface area contributed by atoms with Crippen LogP contribution in [-0.2, 0) is 10.0 Å². The highest BCUT2D eigenvalue weighted by molar-refractivity contribution is 7.92. The molecule has 0 aliphatic carbocycles. The summed E-state index contributed by atoms with van der Waals surface area (Å²) in [5.74, 6) is 0. The average molecular weight is 340 g/mol. The number of hydrogen-bond acceptors (Lipinski definition) is 3. The zero-order valence-corrected chi connectivity index (χ0v) is 13.2. The molecule has 2 amide bonds. The molecule has 0 atom stereocenters. The third kappa shape index (κ3) is 4.12. The summed E-state index contributed by atoms with van der Waals surface area (Å²) in [5.41, 5.74) is 0.791. The van der Waals surface area contributed by atoms with Crippen LogP contribution in [-0.4, -0.2) is 21.5 Å². The van der Waals surface area contributed by atoms with Crippen LogP contribution in [0.4, 0.5) is 16.2 Å². The molecule has 0 bridgehead atoms. The summed E-state index contributed by atoms with van der Waals surface area (Å²) in [6.07, 6.45) is 0. The minimum absolute atomic E-state index is 0.0599. The van der Waals surface area contributed by atoms with Gasteiger partial charge in [-0.15, -0.1) is 0 Å². The molecule has 8 heteroatoms. The summed E-state index contributed by atoms with van der Waals surface area (Å²) in [6.45, 7) is 0. The highest BCUT2D eigenvalue weighted by Gasteiger charge is 2.14. The Kier molecular flexibility index (Phi) is 4.89. The minimum Gasteiger partial charge on any atom is -0.341 e. The first-order valence-electron chi connectivity index (χ1n) is 6.28. The molecule has 2 aromatic carbocycles. The molecule has 0 unspecified atom stereocenters. The fourth-order valence-corrected chi connectivity index (χ4v) is 3.05. The van der Waals surface area contributed by atoms with E-state index in [0.29, 0.717) is 16.4 Å². The first kappa shape index (κ1) is 16.1. The predicted octanol–water partition coefficient (Wildman–Crippen LogP) is 2.89. The van der Waals surface area contributed by atoms with E-state index >= 15 is 0 Å². The van der Waals surface area contributed by atoms with Crippen molar-refractivity contribution in [3.63, 3.8) is 0 Å². The van der Waals surface area contributed by atoms with E-state index in [1.54, 1.807) is 30.3 Å². The minimum atomic E-state index is -3.75. The van der Waals surface area contributed by atoms with E-state index in [0.717, 1.165) is 0 Å². The number of carbonyl (C=O) groups excluding carboxylic acids is 1. The lowest BCUT2D eigenvalue weighted by atomic mass is 10.3. The maximum absolute atomic E-state index is 12.3. The van der Waals surface area contributed by atoms with E-state index in [4.69, 9.17) is 11.6 Å². The Bertz CT molecular complexity index is 793. The standard InChI is InChI=1S/C14H14ClN3O3S/c1-16-14(19)17-11-5-3-6-12(9-11)18-22(20,21)13-7-2-4-10(15)8-13/h2-9,18H,1H3,(H2,16,17,19). The van der Waals surface area contributed by atoms with Crippen molar-refractivity contribution < 1.29 is 13.2 Å². The van der Waals surface area contributed by atoms with Crippen molar-refractivity contribution >= 4 is 39.0 Å². The predicted molar refractivity (Wildman–Crippen MR) is 86.8 cm³/mol. The summed E-state index contributed by atoms with van der Waals surface area (Å²) >= 11 is 5.81. The molecule has 2 rings (SSSR count). The fraction of sp³-hybridized carbons (Fsp3) is 0.0714. The highest BCUT2D eigenvalue weighted by Crippen LogP contribution is 2.21. The number of amides is 2. The van der Waals surface area contributed by atoms with Crippen LogP contribution < -0.4 is 15.4 Å². The molecule has 0 radical (unpaired) electrons. The quantitative estimate of drug-likeness (QED) is 0.800. The summed E-state index contributed by atoms with van der Waals surface area (Å²) in [5, 5.41) is 5.30. The van der Waals surface area contributed by atoms with Crippen LogP contribution in [0.5, 0.6) is 0 Å². The van der Waals surface area contributed by atoms with Gasteiger partial charge in [0.2, 0.25) is 0 Å². The first-order valence-corrected chi connectivity index (χ1v) is 8.14. The zero-order chi connectivity index (χ0) is 16.2. The highest BCUT2D eigenvalue weighted by atomic mass is 35.5. The maximum atomic E-state index is 12.3. The number of sulfonamides is 1. The molecule has 0 saturated heterocycles. The topological polar surface area (TPSA) is 87.3 Å². The van der Waals surface area contributed by atoms with Crippen LogP contribution in [0, 0.1) is 0 Å². The Morgan fingerprint density at radius 2 is 1.73 bits per heavy atom. The van der Waals surface area contributed by atoms with Crippen molar-refractivity contribution in [1.29, 1.82) is 0 Å². The van der Waals surface area contributed by atoms with E-state index in [1.807, 2.05) is 0 Å². The molecule has 22 heavy (non-hydrogen) atoms. The van der Waals surface area contributed by atoms with Gasteiger partial charge in [0.1, 0.15) is 0 Å². The second-order valence-corrected chi connectivity index (χ2v) is 6.47. The lowest BCUT2D eigenvalue weighted by molar-refractivity contribution is 0.254. The van der Waals surface area contributed by atoms with Crippen molar-refractivity contribution in [3.8, 4) is 0 Å². The van der Waals surface area contributed by atoms with Crippen LogP contribution in [0.25, 0.3) is 0 Å². The Morgan fingerprint density at radius 1 is 1.05 bits per heavy atom. The first-order chi connectivity index (χ1) is 10.4. The van der Waals surface area contributed by atoms with Crippen molar-refractivity contribution in [1.82, 2.24) is 5.32 Å². The molecular weight excluding hydrogens is 326 g/mol. The third-order valence-electron chi connectivity index (χ3n) is 2.71. The van der Waals surface area contributed by atoms with Gasteiger partial charge in [-0.3, -0.25) is 4.72 Å². The van der Waals surface area contributed by atoms with Crippen LogP contribution in [0.3, 0.4) is 0 Å². The maximum Gasteiger partial charge on any atom is 0.318 e. The van der Waals surface area contributed by atoms with Gasteiger partial charge in [-0.05, 0) is 36.4 Å². The van der Waals surface area contributed by atoms with E-state index in [-0.39, 0.29) is 4.90 Å². The van der Waals surface area contributed by atoms with Crippen LogP contribution >= 0.6 is 11.6 Å². The Balaban J connectivity index is 2.23. The lowest BCUT2D eigenvalue weighted by Crippen LogP contribution is -2.24. The molecule has 0 fully saturated rings. The Hall–Kier alpha value is -2.25. The molecule has 0 aliphatic rings. The van der Waals surface area contributed by atoms with E-state index in [9.17, 15) is 13.2 Å². The monoisotopic (exact) mass is 339 g/mol. The van der Waals surface area contributed by atoms with E-state index in [1.165, 1.54) is 25.2 Å². The van der Waals surface area contributed by atoms with Crippen molar-refractivity contribution in [2.24, 2.45) is 0 Å². The largest absolute Gasteiger partial charge is 0.341 e. The van der Waals surface area contributed by atoms with Crippen LogP contribution in [0.1, 0.15) is 0 Å². The summed E-state index contributed by atoms with van der Waals surface area (Å²) in [6, 6.07) is 11.9. The van der Waals surface area contributed by atoms with Gasteiger partial charge in [-0.25, -0.2) is 13.2 Å². The molecule has 2 aromatic rings. The number of rotatable bonds is 4. The Morgan fingerprint density at radius 3 is 2.41 bits per heavy atom. The number of benzene rings is 2. The molecule has 0 aromatic heterocycles. The van der Waals surface area contributed by atoms with Gasteiger partial charge in [0.05, 0.1) is 10.6 Å². The number of halogens is 1. The molecule has 0 spiro atoms. The van der Waals surface area contributed by atoms with Gasteiger partial charge >= 0.3 is 6.03 Å². The van der Waals surface area contributed by atoms with Crippen molar-refractivity contribution in [3.05, 3.63) is 53.6 Å². The second kappa shape index (κ2) is 6.67. The van der Waals surface area contributed by atoms with E-state index < -0.39 is 16.1 Å².